The molecule has 0 bridgehead atoms. The second-order valence-electron chi connectivity index (χ2n) is 15.7. The van der Waals surface area contributed by atoms with Gasteiger partial charge < -0.3 is 0 Å². The number of quaternary nitrogens is 4. The van der Waals surface area contributed by atoms with Crippen molar-refractivity contribution in [1.29, 1.82) is 0 Å². The van der Waals surface area contributed by atoms with Gasteiger partial charge in [0, 0.05) is 12.4 Å². The molecular formula is C48H70N8O8+4. The Morgan fingerprint density at radius 1 is 0.344 bits per heavy atom. The number of rotatable bonds is 23. The number of aromatic nitrogens is 4. The van der Waals surface area contributed by atoms with E-state index in [1.807, 2.05) is 83.1 Å². The van der Waals surface area contributed by atoms with Crippen molar-refractivity contribution in [3.05, 3.63) is 83.2 Å². The summed E-state index contributed by atoms with van der Waals surface area (Å²) in [4.78, 5) is 99.0. The number of carbonyl (C=O) groups is 4. The molecule has 16 heteroatoms. The topological polar surface area (TPSA) is 157 Å². The van der Waals surface area contributed by atoms with Crippen LogP contribution in [0.15, 0.2) is 60.9 Å². The van der Waals surface area contributed by atoms with Crippen LogP contribution in [0.25, 0.3) is 34.2 Å². The highest BCUT2D eigenvalue weighted by atomic mass is 16.8. The van der Waals surface area contributed by atoms with E-state index in [0.29, 0.717) is 78.5 Å². The van der Waals surface area contributed by atoms with E-state index in [1.165, 1.54) is 12.4 Å². The molecule has 0 N–H and O–H groups in total. The second kappa shape index (κ2) is 22.3. The van der Waals surface area contributed by atoms with Gasteiger partial charge in [0.15, 0.2) is 0 Å². The first-order chi connectivity index (χ1) is 30.6. The lowest BCUT2D eigenvalue weighted by molar-refractivity contribution is -1.08. The van der Waals surface area contributed by atoms with Gasteiger partial charge in [0.05, 0.1) is 56.4 Å². The van der Waals surface area contributed by atoms with Crippen LogP contribution in [-0.2, 0) is 19.4 Å². The number of hydroxylamine groups is 12. The molecule has 0 aliphatic heterocycles. The van der Waals surface area contributed by atoms with Gasteiger partial charge in [0.1, 0.15) is 78.5 Å². The zero-order valence-corrected chi connectivity index (χ0v) is 40.1. The minimum atomic E-state index is -0.609. The van der Waals surface area contributed by atoms with E-state index in [-0.39, 0.29) is 75.0 Å². The molecule has 346 valence electrons. The van der Waals surface area contributed by atoms with Crippen LogP contribution in [0.1, 0.15) is 125 Å². The van der Waals surface area contributed by atoms with Gasteiger partial charge in [-0.2, -0.15) is 0 Å². The second-order valence-corrected chi connectivity index (χ2v) is 15.7. The molecule has 0 atom stereocenters. The van der Waals surface area contributed by atoms with Gasteiger partial charge in [-0.1, -0.05) is 0 Å². The molecule has 0 aliphatic carbocycles. The molecule has 64 heavy (non-hydrogen) atoms. The van der Waals surface area contributed by atoms with Gasteiger partial charge in [0.25, 0.3) is 0 Å². The maximum atomic E-state index is 14.2. The molecule has 0 saturated heterocycles. The zero-order valence-electron chi connectivity index (χ0n) is 40.1. The molecule has 0 unspecified atom stereocenters. The number of nitrogens with zero attached hydrogens (tertiary/aromatic N) is 8. The van der Waals surface area contributed by atoms with Gasteiger partial charge in [-0.3, -0.25) is 29.3 Å². The van der Waals surface area contributed by atoms with Crippen LogP contribution < -0.4 is 0 Å². The molecular weight excluding hydrogens is 817 g/mol. The molecule has 0 amide bonds. The minimum Gasteiger partial charge on any atom is -0.271 e. The fourth-order valence-corrected chi connectivity index (χ4v) is 7.59. The SMILES string of the molecule is CC[N+](CC)(CC)OC(=O)c1ccnc(-c2cc(C(=O)O[N+](CC)(CC)CC)cc(-c3cc(C(=O)O[N+](CC)(CC)CC)cc(-c4cc(C(=O)O[N+](CC)(CC)CC)ccn4)n3)n2)c1. The van der Waals surface area contributed by atoms with Gasteiger partial charge in [-0.15, -0.1) is 18.6 Å². The standard InChI is InChI=1S/C48H70N8O8/c1-13-53(14-2,15-3)61-45(57)35-25-27-49-39(29-35)41-31-37(47(59)63-55(19-7,20-8)21-9)33-43(51-41)44-34-38(48(60)64-56(22-10,23-11)24-12)32-42(52-44)40-30-36(26-28-50-40)46(58)62-54(16-4,17-5)18-6/h25-34H,13-24H2,1-12H3/q+4. The summed E-state index contributed by atoms with van der Waals surface area (Å²) in [7, 11) is 0. The lowest BCUT2D eigenvalue weighted by Gasteiger charge is -2.31. The van der Waals surface area contributed by atoms with Crippen molar-refractivity contribution in [1.82, 2.24) is 19.9 Å². The van der Waals surface area contributed by atoms with E-state index < -0.39 is 23.9 Å². The third-order valence-corrected chi connectivity index (χ3v) is 12.9. The van der Waals surface area contributed by atoms with Crippen molar-refractivity contribution in [2.24, 2.45) is 0 Å². The third-order valence-electron chi connectivity index (χ3n) is 12.9. The van der Waals surface area contributed by atoms with Crippen molar-refractivity contribution in [3.8, 4) is 34.2 Å². The lowest BCUT2D eigenvalue weighted by atomic mass is 10.1. The summed E-state index contributed by atoms with van der Waals surface area (Å²) in [5.41, 5.74) is 2.26. The van der Waals surface area contributed by atoms with Crippen LogP contribution >= 0.6 is 0 Å². The Hall–Kier alpha value is -5.68. The van der Waals surface area contributed by atoms with Crippen molar-refractivity contribution in [2.45, 2.75) is 83.1 Å². The van der Waals surface area contributed by atoms with E-state index in [2.05, 4.69) is 9.97 Å². The molecule has 0 spiro atoms. The Morgan fingerprint density at radius 3 is 0.781 bits per heavy atom. The Bertz CT molecular complexity index is 2060. The molecule has 4 aromatic heterocycles. The summed E-state index contributed by atoms with van der Waals surface area (Å²) < 4.78 is 0.437. The molecule has 4 rings (SSSR count). The first kappa shape index (κ1) is 51.0. The highest BCUT2D eigenvalue weighted by Crippen LogP contribution is 2.30. The van der Waals surface area contributed by atoms with Crippen molar-refractivity contribution >= 4 is 23.9 Å². The van der Waals surface area contributed by atoms with Crippen LogP contribution in [0.3, 0.4) is 0 Å². The average molecular weight is 887 g/mol. The fourth-order valence-electron chi connectivity index (χ4n) is 7.59. The summed E-state index contributed by atoms with van der Waals surface area (Å²) in [6, 6.07) is 12.5. The van der Waals surface area contributed by atoms with Gasteiger partial charge in [0.2, 0.25) is 0 Å². The molecule has 4 aromatic rings. The smallest absolute Gasteiger partial charge is 0.271 e. The van der Waals surface area contributed by atoms with Gasteiger partial charge in [-0.25, -0.2) is 29.1 Å². The molecule has 0 saturated carbocycles. The first-order valence-corrected chi connectivity index (χ1v) is 23.0. The van der Waals surface area contributed by atoms with E-state index >= 15 is 0 Å². The number of hydrogen-bond donors (Lipinski definition) is 0. The van der Waals surface area contributed by atoms with E-state index in [9.17, 15) is 19.2 Å². The Kier molecular flexibility index (Phi) is 17.7. The number of pyridine rings is 4. The fraction of sp³-hybridized carbons (Fsp3) is 0.500. The predicted molar refractivity (Wildman–Crippen MR) is 243 cm³/mol. The highest BCUT2D eigenvalue weighted by Gasteiger charge is 2.33. The van der Waals surface area contributed by atoms with E-state index in [1.54, 1.807) is 48.5 Å². The largest absolute Gasteiger partial charge is 0.397 e. The van der Waals surface area contributed by atoms with Crippen LogP contribution in [-0.4, -0.2) is 141 Å². The number of hydrogen-bond acceptors (Lipinski definition) is 12. The zero-order chi connectivity index (χ0) is 47.3. The summed E-state index contributed by atoms with van der Waals surface area (Å²) in [6.45, 7) is 30.3. The maximum Gasteiger partial charge on any atom is 0.397 e. The van der Waals surface area contributed by atoms with Crippen LogP contribution in [0.5, 0.6) is 0 Å². The molecule has 4 heterocycles. The van der Waals surface area contributed by atoms with Gasteiger partial charge in [-0.05, 0) is 132 Å². The van der Waals surface area contributed by atoms with Crippen LogP contribution in [0.2, 0.25) is 0 Å². The minimum absolute atomic E-state index is 0.0763. The summed E-state index contributed by atoms with van der Waals surface area (Å²) in [5.74, 6) is -2.27. The Labute approximate surface area is 378 Å². The normalized spacial score (nSPS) is 12.1. The third kappa shape index (κ3) is 11.5. The summed E-state index contributed by atoms with van der Waals surface area (Å²) in [5, 5.41) is 0. The molecule has 0 aliphatic rings. The van der Waals surface area contributed by atoms with Gasteiger partial charge >= 0.3 is 23.9 Å². The predicted octanol–water partition coefficient (Wildman–Crippen LogP) is 8.06. The highest BCUT2D eigenvalue weighted by molar-refractivity contribution is 5.95. The Morgan fingerprint density at radius 2 is 0.547 bits per heavy atom. The molecule has 0 aromatic carbocycles. The molecule has 0 fully saturated rings. The molecule has 0 radical (unpaired) electrons. The van der Waals surface area contributed by atoms with Crippen LogP contribution in [0.4, 0.5) is 0 Å². The van der Waals surface area contributed by atoms with E-state index in [4.69, 9.17) is 29.3 Å². The number of carbonyl (C=O) groups excluding carboxylic acids is 4. The van der Waals surface area contributed by atoms with Crippen LogP contribution in [0, 0.1) is 0 Å². The summed E-state index contributed by atoms with van der Waals surface area (Å²) in [6.07, 6.45) is 2.98. The quantitative estimate of drug-likeness (QED) is 0.0522. The molecule has 16 nitrogen and oxygen atoms in total. The van der Waals surface area contributed by atoms with Crippen molar-refractivity contribution in [2.75, 3.05) is 78.5 Å². The van der Waals surface area contributed by atoms with E-state index in [0.717, 1.165) is 0 Å². The van der Waals surface area contributed by atoms with Crippen molar-refractivity contribution in [3.63, 3.8) is 0 Å². The average Bonchev–Trinajstić information content (AvgIpc) is 3.35. The first-order valence-electron chi connectivity index (χ1n) is 23.0. The van der Waals surface area contributed by atoms with Crippen molar-refractivity contribution < 1.29 is 57.1 Å². The lowest BCUT2D eigenvalue weighted by Crippen LogP contribution is -2.48. The Balaban J connectivity index is 1.99. The maximum absolute atomic E-state index is 14.2. The monoisotopic (exact) mass is 887 g/mol. The summed E-state index contributed by atoms with van der Waals surface area (Å²) >= 11 is 0.